The van der Waals surface area contributed by atoms with Crippen LogP contribution in [0, 0.1) is 11.8 Å². The number of likely N-dealkylation sites (tertiary alicyclic amines) is 1. The molecule has 2 rings (SSSR count). The van der Waals surface area contributed by atoms with Gasteiger partial charge in [0.1, 0.15) is 6.17 Å². The van der Waals surface area contributed by atoms with Crippen molar-refractivity contribution in [2.75, 3.05) is 19.6 Å². The summed E-state index contributed by atoms with van der Waals surface area (Å²) in [6.45, 7) is 7.59. The molecule has 1 aliphatic heterocycles. The van der Waals surface area contributed by atoms with E-state index in [1.807, 2.05) is 13.0 Å². The van der Waals surface area contributed by atoms with Crippen LogP contribution in [0.25, 0.3) is 0 Å². The van der Waals surface area contributed by atoms with Crippen LogP contribution in [0.3, 0.4) is 0 Å². The molecule has 5 N–H and O–H groups in total. The van der Waals surface area contributed by atoms with Gasteiger partial charge in [0.05, 0.1) is 5.82 Å². The fourth-order valence-electron chi connectivity index (χ4n) is 4.91. The van der Waals surface area contributed by atoms with Gasteiger partial charge in [0, 0.05) is 18.6 Å². The lowest BCUT2D eigenvalue weighted by molar-refractivity contribution is 0.128. The summed E-state index contributed by atoms with van der Waals surface area (Å²) in [5.74, 6) is 2.34. The van der Waals surface area contributed by atoms with Gasteiger partial charge in [-0.2, -0.15) is 0 Å². The van der Waals surface area contributed by atoms with Gasteiger partial charge in [-0.3, -0.25) is 0 Å². The van der Waals surface area contributed by atoms with Gasteiger partial charge in [-0.25, -0.2) is 4.39 Å². The van der Waals surface area contributed by atoms with Crippen LogP contribution in [0.5, 0.6) is 0 Å². The molecule has 29 heavy (non-hydrogen) atoms. The molecule has 2 aliphatic rings. The highest BCUT2D eigenvalue weighted by Gasteiger charge is 2.28. The van der Waals surface area contributed by atoms with E-state index in [2.05, 4.69) is 23.2 Å². The molecule has 168 valence electrons. The average molecular weight is 409 g/mol. The molecular formula is C24H45FN4. The topological polar surface area (TPSA) is 67.3 Å². The Morgan fingerprint density at radius 2 is 1.93 bits per heavy atom. The van der Waals surface area contributed by atoms with Crippen molar-refractivity contribution in [3.63, 3.8) is 0 Å². The molecule has 0 bridgehead atoms. The molecular weight excluding hydrogens is 363 g/mol. The van der Waals surface area contributed by atoms with Crippen molar-refractivity contribution in [3.05, 3.63) is 24.0 Å². The number of hydrogen-bond acceptors (Lipinski definition) is 4. The number of nitrogens with two attached hydrogens (primary N) is 2. The number of hydrogen-bond donors (Lipinski definition) is 3. The van der Waals surface area contributed by atoms with Crippen LogP contribution in [0.1, 0.15) is 78.1 Å². The molecule has 0 radical (unpaired) electrons. The predicted octanol–water partition coefficient (Wildman–Crippen LogP) is 4.47. The van der Waals surface area contributed by atoms with E-state index in [4.69, 9.17) is 11.5 Å². The zero-order valence-electron chi connectivity index (χ0n) is 18.8. The van der Waals surface area contributed by atoms with Crippen LogP contribution in [0.2, 0.25) is 0 Å². The third-order valence-corrected chi connectivity index (χ3v) is 6.57. The minimum Gasteiger partial charge on any atom is -0.386 e. The zero-order chi connectivity index (χ0) is 21.1. The number of allylic oxidation sites excluding steroid dienone is 3. The molecule has 0 aromatic heterocycles. The first-order valence-electron chi connectivity index (χ1n) is 12.0. The largest absolute Gasteiger partial charge is 0.386 e. The lowest BCUT2D eigenvalue weighted by atomic mass is 9.83. The van der Waals surface area contributed by atoms with E-state index in [9.17, 15) is 4.39 Å². The first-order valence-corrected chi connectivity index (χ1v) is 12.0. The molecule has 1 heterocycles. The second kappa shape index (κ2) is 13.3. The predicted molar refractivity (Wildman–Crippen MR) is 122 cm³/mol. The Kier molecular flexibility index (Phi) is 11.1. The van der Waals surface area contributed by atoms with Crippen LogP contribution >= 0.6 is 0 Å². The monoisotopic (exact) mass is 408 g/mol. The molecule has 5 heteroatoms. The molecule has 0 aromatic carbocycles. The summed E-state index contributed by atoms with van der Waals surface area (Å²) < 4.78 is 13.7. The summed E-state index contributed by atoms with van der Waals surface area (Å²) >= 11 is 0. The van der Waals surface area contributed by atoms with Crippen LogP contribution in [0.4, 0.5) is 4.39 Å². The highest BCUT2D eigenvalue weighted by atomic mass is 19.1. The van der Waals surface area contributed by atoms with Crippen molar-refractivity contribution in [2.24, 2.45) is 23.3 Å². The van der Waals surface area contributed by atoms with Gasteiger partial charge in [0.15, 0.2) is 0 Å². The second-order valence-corrected chi connectivity index (χ2v) is 9.34. The number of halogens is 1. The number of piperidine rings is 1. The molecule has 4 atom stereocenters. The molecule has 1 saturated carbocycles. The van der Waals surface area contributed by atoms with E-state index in [1.54, 1.807) is 6.08 Å². The van der Waals surface area contributed by atoms with E-state index in [0.717, 1.165) is 24.6 Å². The van der Waals surface area contributed by atoms with Crippen molar-refractivity contribution in [2.45, 2.75) is 96.3 Å². The quantitative estimate of drug-likeness (QED) is 0.441. The zero-order valence-corrected chi connectivity index (χ0v) is 18.8. The number of rotatable bonds is 11. The van der Waals surface area contributed by atoms with E-state index < -0.39 is 6.17 Å². The Morgan fingerprint density at radius 1 is 1.21 bits per heavy atom. The number of nitrogens with one attached hydrogen (secondary N) is 1. The molecule has 2 fully saturated rings. The Bertz CT molecular complexity index is 497. The minimum atomic E-state index is -0.893. The van der Waals surface area contributed by atoms with Crippen LogP contribution < -0.4 is 16.8 Å². The molecule has 0 spiro atoms. The van der Waals surface area contributed by atoms with Gasteiger partial charge in [-0.1, -0.05) is 31.9 Å². The van der Waals surface area contributed by atoms with Gasteiger partial charge in [-0.05, 0) is 89.3 Å². The SMILES string of the molecule is CC/C=C(/N)NC1CCCCC1CN1CCC(CC/C=C\C(F)CC(C)N)CC1. The van der Waals surface area contributed by atoms with Crippen molar-refractivity contribution in [1.29, 1.82) is 0 Å². The Morgan fingerprint density at radius 3 is 2.62 bits per heavy atom. The van der Waals surface area contributed by atoms with Crippen LogP contribution in [0.15, 0.2) is 24.0 Å². The lowest BCUT2D eigenvalue weighted by Gasteiger charge is -2.39. The number of alkyl halides is 1. The van der Waals surface area contributed by atoms with Gasteiger partial charge in [0.25, 0.3) is 0 Å². The van der Waals surface area contributed by atoms with Gasteiger partial charge < -0.3 is 21.7 Å². The van der Waals surface area contributed by atoms with Crippen LogP contribution in [-0.2, 0) is 0 Å². The summed E-state index contributed by atoms with van der Waals surface area (Å²) in [4.78, 5) is 2.66. The summed E-state index contributed by atoms with van der Waals surface area (Å²) in [6, 6.07) is 0.455. The van der Waals surface area contributed by atoms with E-state index in [0.29, 0.717) is 18.4 Å². The molecule has 4 nitrogen and oxygen atoms in total. The normalized spacial score (nSPS) is 27.2. The van der Waals surface area contributed by atoms with Crippen LogP contribution in [-0.4, -0.2) is 42.8 Å². The van der Waals surface area contributed by atoms with Crippen molar-refractivity contribution in [3.8, 4) is 0 Å². The van der Waals surface area contributed by atoms with Gasteiger partial charge >= 0.3 is 0 Å². The highest BCUT2D eigenvalue weighted by molar-refractivity contribution is 4.98. The highest BCUT2D eigenvalue weighted by Crippen LogP contribution is 2.28. The van der Waals surface area contributed by atoms with E-state index in [1.165, 1.54) is 64.6 Å². The first kappa shape index (κ1) is 24.2. The summed E-state index contributed by atoms with van der Waals surface area (Å²) in [5, 5.41) is 3.59. The van der Waals surface area contributed by atoms with E-state index in [-0.39, 0.29) is 6.04 Å². The third-order valence-electron chi connectivity index (χ3n) is 6.57. The maximum atomic E-state index is 13.7. The Hall–Kier alpha value is -1.07. The summed E-state index contributed by atoms with van der Waals surface area (Å²) in [5.41, 5.74) is 11.8. The number of nitrogens with zero attached hydrogens (tertiary/aromatic N) is 1. The molecule has 1 saturated heterocycles. The smallest absolute Gasteiger partial charge is 0.120 e. The Labute approximate surface area is 178 Å². The van der Waals surface area contributed by atoms with Crippen molar-refractivity contribution in [1.82, 2.24) is 10.2 Å². The maximum Gasteiger partial charge on any atom is 0.120 e. The fourth-order valence-corrected chi connectivity index (χ4v) is 4.91. The minimum absolute atomic E-state index is 0.0722. The van der Waals surface area contributed by atoms with E-state index >= 15 is 0 Å². The summed E-state index contributed by atoms with van der Waals surface area (Å²) in [7, 11) is 0. The fraction of sp³-hybridized carbons (Fsp3) is 0.833. The van der Waals surface area contributed by atoms with Crippen molar-refractivity contribution >= 4 is 0 Å². The first-order chi connectivity index (χ1) is 14.0. The van der Waals surface area contributed by atoms with Gasteiger partial charge in [-0.15, -0.1) is 0 Å². The van der Waals surface area contributed by atoms with Crippen molar-refractivity contribution < 1.29 is 4.39 Å². The average Bonchev–Trinajstić information content (AvgIpc) is 2.67. The molecule has 0 aromatic rings. The molecule has 0 amide bonds. The summed E-state index contributed by atoms with van der Waals surface area (Å²) in [6.07, 6.45) is 16.3. The maximum absolute atomic E-state index is 13.7. The van der Waals surface area contributed by atoms with Gasteiger partial charge in [0.2, 0.25) is 0 Å². The Balaban J connectivity index is 1.67. The third kappa shape index (κ3) is 9.52. The standard InChI is InChI=1S/C24H45FN4/c1-3-8-24(27)28-23-12-7-5-10-21(23)18-29-15-13-20(14-16-29)9-4-6-11-22(25)17-19(2)26/h6,8,11,19-23,28H,3-5,7,9-10,12-18,26-27H2,1-2H3/b11-6-,24-8-. The molecule has 4 unspecified atom stereocenters. The molecule has 1 aliphatic carbocycles. The lowest BCUT2D eigenvalue weighted by Crippen LogP contribution is -2.46. The second-order valence-electron chi connectivity index (χ2n) is 9.34.